The van der Waals surface area contributed by atoms with E-state index >= 15 is 0 Å². The molecule has 0 saturated heterocycles. The number of benzene rings is 2. The van der Waals surface area contributed by atoms with E-state index in [1.807, 2.05) is 42.5 Å². The van der Waals surface area contributed by atoms with E-state index in [4.69, 9.17) is 9.15 Å². The fourth-order valence-corrected chi connectivity index (χ4v) is 2.61. The highest BCUT2D eigenvalue weighted by Gasteiger charge is 2.08. The van der Waals surface area contributed by atoms with E-state index in [0.717, 1.165) is 6.42 Å². The summed E-state index contributed by atoms with van der Waals surface area (Å²) >= 11 is 0. The molecule has 0 aliphatic carbocycles. The van der Waals surface area contributed by atoms with Gasteiger partial charge < -0.3 is 14.5 Å². The molecule has 0 aliphatic rings. The monoisotopic (exact) mass is 378 g/mol. The van der Waals surface area contributed by atoms with Crippen molar-refractivity contribution in [2.75, 3.05) is 11.9 Å². The van der Waals surface area contributed by atoms with Gasteiger partial charge in [0.25, 0.3) is 5.91 Å². The average molecular weight is 378 g/mol. The minimum Gasteiger partial charge on any atom is -0.452 e. The molecule has 0 unspecified atom stereocenters. The summed E-state index contributed by atoms with van der Waals surface area (Å²) in [5, 5.41) is 2.70. The van der Waals surface area contributed by atoms with Crippen molar-refractivity contribution in [1.29, 1.82) is 0 Å². The second kappa shape index (κ2) is 8.99. The summed E-state index contributed by atoms with van der Waals surface area (Å²) in [6, 6.07) is 14.9. The third-order valence-corrected chi connectivity index (χ3v) is 4.39. The number of carbonyl (C=O) groups is 2. The maximum Gasteiger partial charge on any atom is 0.331 e. The number of hydrogen-bond acceptors (Lipinski definition) is 5. The molecule has 1 atom stereocenters. The first-order valence-electron chi connectivity index (χ1n) is 9.15. The number of para-hydroxylation sites is 2. The molecule has 0 spiro atoms. The van der Waals surface area contributed by atoms with Crippen LogP contribution in [0.3, 0.4) is 0 Å². The van der Waals surface area contributed by atoms with Gasteiger partial charge in [0, 0.05) is 17.8 Å². The van der Waals surface area contributed by atoms with Gasteiger partial charge in [-0.05, 0) is 42.2 Å². The van der Waals surface area contributed by atoms with Crippen LogP contribution in [0.15, 0.2) is 59.0 Å². The smallest absolute Gasteiger partial charge is 0.331 e. The van der Waals surface area contributed by atoms with Crippen molar-refractivity contribution in [3.63, 3.8) is 0 Å². The molecule has 144 valence electrons. The Hall–Kier alpha value is -3.41. The first-order valence-corrected chi connectivity index (χ1v) is 9.15. The van der Waals surface area contributed by atoms with Gasteiger partial charge >= 0.3 is 5.97 Å². The lowest BCUT2D eigenvalue weighted by atomic mass is 9.99. The highest BCUT2D eigenvalue weighted by Crippen LogP contribution is 2.20. The number of amides is 1. The van der Waals surface area contributed by atoms with Crippen LogP contribution in [0.25, 0.3) is 17.2 Å². The normalized spacial score (nSPS) is 12.2. The van der Waals surface area contributed by atoms with Crippen LogP contribution in [0.5, 0.6) is 0 Å². The molecule has 1 aromatic heterocycles. The van der Waals surface area contributed by atoms with Gasteiger partial charge in [0.1, 0.15) is 5.52 Å². The minimum absolute atomic E-state index is 0.295. The van der Waals surface area contributed by atoms with Crippen molar-refractivity contribution in [1.82, 2.24) is 4.98 Å². The first-order chi connectivity index (χ1) is 13.5. The molecular weight excluding hydrogens is 356 g/mol. The quantitative estimate of drug-likeness (QED) is 0.482. The van der Waals surface area contributed by atoms with Crippen molar-refractivity contribution >= 4 is 34.7 Å². The Morgan fingerprint density at radius 2 is 1.93 bits per heavy atom. The number of fused-ring (bicyclic) bond motifs is 1. The van der Waals surface area contributed by atoms with Gasteiger partial charge in [-0.1, -0.05) is 38.1 Å². The summed E-state index contributed by atoms with van der Waals surface area (Å²) in [5.41, 5.74) is 3.22. The summed E-state index contributed by atoms with van der Waals surface area (Å²) in [6.07, 6.45) is 3.64. The van der Waals surface area contributed by atoms with Crippen molar-refractivity contribution in [3.8, 4) is 0 Å². The molecule has 0 fully saturated rings. The second-order valence-corrected chi connectivity index (χ2v) is 6.44. The lowest BCUT2D eigenvalue weighted by molar-refractivity contribution is -0.142. The second-order valence-electron chi connectivity index (χ2n) is 6.44. The van der Waals surface area contributed by atoms with Crippen LogP contribution in [0, 0.1) is 0 Å². The lowest BCUT2D eigenvalue weighted by Gasteiger charge is -2.10. The molecule has 1 N–H and O–H groups in total. The van der Waals surface area contributed by atoms with Gasteiger partial charge in [-0.15, -0.1) is 0 Å². The maximum atomic E-state index is 11.9. The zero-order valence-corrected chi connectivity index (χ0v) is 15.8. The largest absolute Gasteiger partial charge is 0.452 e. The van der Waals surface area contributed by atoms with Gasteiger partial charge in [0.2, 0.25) is 5.89 Å². The Balaban J connectivity index is 1.47. The fourth-order valence-electron chi connectivity index (χ4n) is 2.61. The Labute approximate surface area is 163 Å². The van der Waals surface area contributed by atoms with Crippen LogP contribution >= 0.6 is 0 Å². The number of esters is 1. The van der Waals surface area contributed by atoms with E-state index in [2.05, 4.69) is 24.1 Å². The van der Waals surface area contributed by atoms with Gasteiger partial charge in [0.15, 0.2) is 12.2 Å². The standard InChI is InChI=1S/C22H22N2O4/c1-3-15(2)16-8-10-17(11-9-16)23-20(25)14-27-22(26)13-12-21-24-18-6-4-5-7-19(18)28-21/h4-13,15H,3,14H2,1-2H3,(H,23,25)/b13-12+/t15-/m0/s1. The topological polar surface area (TPSA) is 81.4 Å². The third-order valence-electron chi connectivity index (χ3n) is 4.39. The van der Waals surface area contributed by atoms with Crippen LogP contribution in [0.2, 0.25) is 0 Å². The van der Waals surface area contributed by atoms with Crippen LogP contribution in [-0.2, 0) is 14.3 Å². The molecule has 0 bridgehead atoms. The Morgan fingerprint density at radius 1 is 1.18 bits per heavy atom. The lowest BCUT2D eigenvalue weighted by Crippen LogP contribution is -2.20. The minimum atomic E-state index is -0.649. The predicted octanol–water partition coefficient (Wildman–Crippen LogP) is 4.54. The molecule has 3 aromatic rings. The van der Waals surface area contributed by atoms with Crippen molar-refractivity contribution in [3.05, 3.63) is 66.1 Å². The molecule has 6 heteroatoms. The number of ether oxygens (including phenoxy) is 1. The third kappa shape index (κ3) is 5.07. The molecule has 0 saturated carbocycles. The van der Waals surface area contributed by atoms with E-state index in [9.17, 15) is 9.59 Å². The molecule has 2 aromatic carbocycles. The van der Waals surface area contributed by atoms with E-state index in [-0.39, 0.29) is 6.61 Å². The Kier molecular flexibility index (Phi) is 6.22. The maximum absolute atomic E-state index is 11.9. The number of nitrogens with zero attached hydrogens (tertiary/aromatic N) is 1. The number of rotatable bonds is 7. The van der Waals surface area contributed by atoms with Crippen molar-refractivity contribution in [2.45, 2.75) is 26.2 Å². The van der Waals surface area contributed by atoms with Gasteiger partial charge in [-0.3, -0.25) is 4.79 Å². The summed E-state index contributed by atoms with van der Waals surface area (Å²) < 4.78 is 10.4. The van der Waals surface area contributed by atoms with E-state index in [1.165, 1.54) is 17.7 Å². The highest BCUT2D eigenvalue weighted by atomic mass is 16.5. The van der Waals surface area contributed by atoms with E-state index in [0.29, 0.717) is 28.6 Å². The van der Waals surface area contributed by atoms with Crippen LogP contribution in [-0.4, -0.2) is 23.5 Å². The van der Waals surface area contributed by atoms with Crippen LogP contribution in [0.4, 0.5) is 5.69 Å². The summed E-state index contributed by atoms with van der Waals surface area (Å²) in [4.78, 5) is 27.9. The van der Waals surface area contributed by atoms with Gasteiger partial charge in [-0.25, -0.2) is 9.78 Å². The molecule has 6 nitrogen and oxygen atoms in total. The number of nitrogens with one attached hydrogen (secondary N) is 1. The van der Waals surface area contributed by atoms with Gasteiger partial charge in [0.05, 0.1) is 0 Å². The number of carbonyl (C=O) groups excluding carboxylic acids is 2. The SMILES string of the molecule is CC[C@H](C)c1ccc(NC(=O)COC(=O)/C=C/c2nc3ccccc3o2)cc1. The average Bonchev–Trinajstić information content (AvgIpc) is 3.13. The molecule has 1 amide bonds. The number of oxazole rings is 1. The molecular formula is C22H22N2O4. The van der Waals surface area contributed by atoms with Crippen LogP contribution < -0.4 is 5.32 Å². The van der Waals surface area contributed by atoms with Crippen LogP contribution in [0.1, 0.15) is 37.6 Å². The number of hydrogen-bond donors (Lipinski definition) is 1. The first kappa shape index (κ1) is 19.4. The fraction of sp³-hybridized carbons (Fsp3) is 0.227. The van der Waals surface area contributed by atoms with Crippen molar-refractivity contribution in [2.24, 2.45) is 0 Å². The molecule has 1 heterocycles. The van der Waals surface area contributed by atoms with E-state index < -0.39 is 11.9 Å². The zero-order valence-electron chi connectivity index (χ0n) is 15.8. The number of anilines is 1. The summed E-state index contributed by atoms with van der Waals surface area (Å²) in [6.45, 7) is 3.92. The highest BCUT2D eigenvalue weighted by molar-refractivity contribution is 5.94. The Morgan fingerprint density at radius 3 is 2.64 bits per heavy atom. The molecule has 28 heavy (non-hydrogen) atoms. The molecule has 3 rings (SSSR count). The van der Waals surface area contributed by atoms with Gasteiger partial charge in [-0.2, -0.15) is 0 Å². The molecule has 0 radical (unpaired) electrons. The van der Waals surface area contributed by atoms with Crippen molar-refractivity contribution < 1.29 is 18.7 Å². The number of aromatic nitrogens is 1. The Bertz CT molecular complexity index is 956. The summed E-state index contributed by atoms with van der Waals surface area (Å²) in [7, 11) is 0. The summed E-state index contributed by atoms with van der Waals surface area (Å²) in [5.74, 6) is -0.285. The zero-order chi connectivity index (χ0) is 19.9. The van der Waals surface area contributed by atoms with E-state index in [1.54, 1.807) is 6.07 Å². The molecule has 0 aliphatic heterocycles. The predicted molar refractivity (Wildman–Crippen MR) is 108 cm³/mol.